The summed E-state index contributed by atoms with van der Waals surface area (Å²) in [5.41, 5.74) is 3.41. The Morgan fingerprint density at radius 2 is 1.71 bits per heavy atom. The number of phenolic OH excluding ortho intramolecular Hbond substituents is 1. The Morgan fingerprint density at radius 3 is 2.39 bits per heavy atom. The minimum atomic E-state index is 0.160. The van der Waals surface area contributed by atoms with Crippen molar-refractivity contribution < 1.29 is 9.84 Å². The van der Waals surface area contributed by atoms with E-state index in [1.54, 1.807) is 17.8 Å². The maximum Gasteiger partial charge on any atom is 0.164 e. The van der Waals surface area contributed by atoms with Crippen LogP contribution in [0, 0.1) is 0 Å². The van der Waals surface area contributed by atoms with Gasteiger partial charge < -0.3 is 14.7 Å². The van der Waals surface area contributed by atoms with Crippen molar-refractivity contribution in [3.63, 3.8) is 0 Å². The molecular weight excluding hydrogens is 519 g/mol. The van der Waals surface area contributed by atoms with Crippen LogP contribution in [0.15, 0.2) is 88.8 Å². The van der Waals surface area contributed by atoms with Crippen LogP contribution in [-0.4, -0.2) is 26.3 Å². The minimum Gasteiger partial charge on any atom is -0.504 e. The van der Waals surface area contributed by atoms with Crippen LogP contribution < -0.4 is 4.74 Å². The lowest BCUT2D eigenvalue weighted by molar-refractivity contribution is 0.366. The maximum absolute atomic E-state index is 10.2. The molecule has 3 aromatic carbocycles. The molecule has 4 nitrogen and oxygen atoms in total. The van der Waals surface area contributed by atoms with Crippen LogP contribution in [0.4, 0.5) is 0 Å². The fraction of sp³-hybridized carbons (Fsp3) is 0.160. The van der Waals surface area contributed by atoms with Crippen LogP contribution in [0.3, 0.4) is 0 Å². The molecule has 0 unspecified atom stereocenters. The third-order valence-corrected chi connectivity index (χ3v) is 6.21. The van der Waals surface area contributed by atoms with Crippen LogP contribution in [0.2, 0.25) is 0 Å². The summed E-state index contributed by atoms with van der Waals surface area (Å²) in [4.78, 5) is 8.42. The quantitative estimate of drug-likeness (QED) is 0.281. The highest BCUT2D eigenvalue weighted by molar-refractivity contribution is 14.1. The van der Waals surface area contributed by atoms with Gasteiger partial charge in [-0.05, 0) is 57.5 Å². The first-order valence-corrected chi connectivity index (χ1v) is 12.3. The van der Waals surface area contributed by atoms with E-state index in [1.807, 2.05) is 36.4 Å². The number of hydrogen-bond acceptors (Lipinski definition) is 4. The molecule has 1 N–H and O–H groups in total. The number of amidine groups is 1. The van der Waals surface area contributed by atoms with Gasteiger partial charge in [0.2, 0.25) is 0 Å². The summed E-state index contributed by atoms with van der Waals surface area (Å²) in [6.07, 6.45) is 2.11. The molecule has 1 aliphatic rings. The normalized spacial score (nSPS) is 16.2. The Hall–Kier alpha value is -2.45. The van der Waals surface area contributed by atoms with Gasteiger partial charge >= 0.3 is 0 Å². The molecule has 0 aliphatic carbocycles. The lowest BCUT2D eigenvalue weighted by atomic mass is 10.2. The first-order chi connectivity index (χ1) is 15.2. The van der Waals surface area contributed by atoms with Crippen LogP contribution in [0.25, 0.3) is 6.08 Å². The van der Waals surface area contributed by atoms with Crippen molar-refractivity contribution in [2.24, 2.45) is 4.99 Å². The molecule has 0 amide bonds. The predicted octanol–water partition coefficient (Wildman–Crippen LogP) is 6.31. The topological polar surface area (TPSA) is 45.1 Å². The van der Waals surface area contributed by atoms with E-state index in [-0.39, 0.29) is 5.75 Å². The number of aromatic hydroxyl groups is 1. The Balaban J connectivity index is 1.55. The number of hydrogen-bond donors (Lipinski definition) is 1. The van der Waals surface area contributed by atoms with Crippen LogP contribution in [-0.2, 0) is 13.1 Å². The third kappa shape index (κ3) is 6.04. The van der Waals surface area contributed by atoms with Crippen LogP contribution in [0.5, 0.6) is 11.5 Å². The zero-order chi connectivity index (χ0) is 21.5. The number of alkyl halides is 1. The molecule has 0 bridgehead atoms. The highest BCUT2D eigenvalue weighted by atomic mass is 127. The molecule has 0 saturated carbocycles. The number of phenols is 1. The zero-order valence-corrected chi connectivity index (χ0v) is 19.9. The highest BCUT2D eigenvalue weighted by Gasteiger charge is 2.24. The van der Waals surface area contributed by atoms with Gasteiger partial charge in [0.25, 0.3) is 0 Å². The molecule has 3 aromatic rings. The molecule has 0 atom stereocenters. The summed E-state index contributed by atoms with van der Waals surface area (Å²) in [6, 6.07) is 26.3. The van der Waals surface area contributed by atoms with Crippen LogP contribution in [0.1, 0.15) is 16.7 Å². The smallest absolute Gasteiger partial charge is 0.164 e. The number of rotatable bonds is 7. The van der Waals surface area contributed by atoms with E-state index in [1.165, 1.54) is 16.0 Å². The molecule has 1 fully saturated rings. The van der Waals surface area contributed by atoms with Crippen molar-refractivity contribution in [1.29, 1.82) is 0 Å². The molecule has 31 heavy (non-hydrogen) atoms. The van der Waals surface area contributed by atoms with Gasteiger partial charge in [-0.1, -0.05) is 78.5 Å². The average molecular weight is 542 g/mol. The molecule has 0 spiro atoms. The number of benzene rings is 3. The molecule has 0 radical (unpaired) electrons. The van der Waals surface area contributed by atoms with Crippen molar-refractivity contribution in [2.75, 3.05) is 11.2 Å². The predicted molar refractivity (Wildman–Crippen MR) is 138 cm³/mol. The number of thioether (sulfide) groups is 1. The number of ether oxygens (including phenoxy) is 1. The second-order valence-corrected chi connectivity index (χ2v) is 8.84. The van der Waals surface area contributed by atoms with E-state index < -0.39 is 0 Å². The minimum absolute atomic E-state index is 0.160. The first-order valence-electron chi connectivity index (χ1n) is 9.99. The van der Waals surface area contributed by atoms with Crippen LogP contribution >= 0.6 is 34.4 Å². The largest absolute Gasteiger partial charge is 0.504 e. The summed E-state index contributed by atoms with van der Waals surface area (Å²) in [6.45, 7) is 2.26. The lowest BCUT2D eigenvalue weighted by Gasteiger charge is -2.17. The van der Waals surface area contributed by atoms with Crippen molar-refractivity contribution in [1.82, 2.24) is 4.90 Å². The van der Waals surface area contributed by atoms with Crippen molar-refractivity contribution in [2.45, 2.75) is 13.1 Å². The number of nitrogens with zero attached hydrogens (tertiary/aromatic N) is 2. The fourth-order valence-electron chi connectivity index (χ4n) is 3.34. The monoisotopic (exact) mass is 542 g/mol. The number of halogens is 1. The maximum atomic E-state index is 10.2. The fourth-order valence-corrected chi connectivity index (χ4v) is 4.71. The van der Waals surface area contributed by atoms with E-state index in [2.05, 4.69) is 70.0 Å². The second-order valence-electron chi connectivity index (χ2n) is 7.12. The van der Waals surface area contributed by atoms with Gasteiger partial charge in [0.1, 0.15) is 4.61 Å². The van der Waals surface area contributed by atoms with E-state index >= 15 is 0 Å². The van der Waals surface area contributed by atoms with E-state index in [9.17, 15) is 5.11 Å². The Morgan fingerprint density at radius 1 is 1.00 bits per heavy atom. The standard InChI is InChI=1S/C25H23IN2O2S/c26-18-30-24-12-11-21(14-23(24)29)13-22-17-28(16-20-9-5-2-6-10-20)25(31-22)27-15-19-7-3-1-4-8-19/h1-14,29H,15-18H2/b22-13-,27-25?. The molecular formula is C25H23IN2O2S. The van der Waals surface area contributed by atoms with E-state index in [4.69, 9.17) is 9.73 Å². The summed E-state index contributed by atoms with van der Waals surface area (Å²) in [5, 5.41) is 11.2. The van der Waals surface area contributed by atoms with Gasteiger partial charge in [0, 0.05) is 11.4 Å². The molecule has 6 heteroatoms. The number of aliphatic imine (C=N–C) groups is 1. The second kappa shape index (κ2) is 10.7. The lowest BCUT2D eigenvalue weighted by Crippen LogP contribution is -2.23. The van der Waals surface area contributed by atoms with Gasteiger partial charge in [-0.2, -0.15) is 0 Å². The molecule has 1 saturated heterocycles. The van der Waals surface area contributed by atoms with Gasteiger partial charge in [-0.15, -0.1) is 0 Å². The Kier molecular flexibility index (Phi) is 7.53. The molecule has 1 heterocycles. The third-order valence-electron chi connectivity index (χ3n) is 4.82. The van der Waals surface area contributed by atoms with Gasteiger partial charge in [-0.25, -0.2) is 0 Å². The zero-order valence-electron chi connectivity index (χ0n) is 16.9. The van der Waals surface area contributed by atoms with Gasteiger partial charge in [-0.3, -0.25) is 4.99 Å². The summed E-state index contributed by atoms with van der Waals surface area (Å²) in [5.74, 6) is 0.666. The molecule has 1 aliphatic heterocycles. The van der Waals surface area contributed by atoms with Crippen molar-refractivity contribution in [3.8, 4) is 11.5 Å². The SMILES string of the molecule is Oc1cc(/C=C2/CN(Cc3ccccc3)C(=NCc3ccccc3)S2)ccc1OCI. The average Bonchev–Trinajstić information content (AvgIpc) is 3.16. The van der Waals surface area contributed by atoms with Crippen molar-refractivity contribution >= 4 is 45.6 Å². The van der Waals surface area contributed by atoms with Crippen molar-refractivity contribution in [3.05, 3.63) is 100 Å². The Bertz CT molecular complexity index is 1070. The molecule has 4 rings (SSSR count). The van der Waals surface area contributed by atoms with Gasteiger partial charge in [0.05, 0.1) is 13.1 Å². The van der Waals surface area contributed by atoms with E-state index in [0.717, 1.165) is 23.8 Å². The summed E-state index contributed by atoms with van der Waals surface area (Å²) < 4.78 is 5.92. The summed E-state index contributed by atoms with van der Waals surface area (Å²) in [7, 11) is 0. The highest BCUT2D eigenvalue weighted by Crippen LogP contribution is 2.34. The summed E-state index contributed by atoms with van der Waals surface area (Å²) >= 11 is 3.81. The van der Waals surface area contributed by atoms with Gasteiger partial charge in [0.15, 0.2) is 16.7 Å². The Labute approximate surface area is 200 Å². The first kappa shape index (κ1) is 21.8. The van der Waals surface area contributed by atoms with E-state index in [0.29, 0.717) is 16.9 Å². The molecule has 158 valence electrons. The molecule has 0 aromatic heterocycles.